The first-order valence-electron chi connectivity index (χ1n) is 8.30. The summed E-state index contributed by atoms with van der Waals surface area (Å²) in [5.74, 6) is 0. The molecule has 0 spiro atoms. The third-order valence-electron chi connectivity index (χ3n) is 4.77. The van der Waals surface area contributed by atoms with Crippen LogP contribution in [0.5, 0.6) is 0 Å². The van der Waals surface area contributed by atoms with Crippen molar-refractivity contribution in [3.8, 4) is 0 Å². The molecule has 1 aliphatic heterocycles. The van der Waals surface area contributed by atoms with E-state index in [9.17, 15) is 5.11 Å². The van der Waals surface area contributed by atoms with Crippen molar-refractivity contribution in [2.45, 2.75) is 58.5 Å². The highest BCUT2D eigenvalue weighted by molar-refractivity contribution is 6.62. The molecular weight excluding hydrogens is 311 g/mol. The van der Waals surface area contributed by atoms with Crippen molar-refractivity contribution in [3.05, 3.63) is 11.9 Å². The summed E-state index contributed by atoms with van der Waals surface area (Å²) < 4.78 is 24.1. The highest BCUT2D eigenvalue weighted by Crippen LogP contribution is 2.36. The summed E-state index contributed by atoms with van der Waals surface area (Å²) in [4.78, 5) is 0. The molecule has 1 aromatic rings. The van der Waals surface area contributed by atoms with Gasteiger partial charge < -0.3 is 23.9 Å². The first-order valence-corrected chi connectivity index (χ1v) is 8.30. The molecule has 0 saturated carbocycles. The number of hydrogen-bond acceptors (Lipinski definition) is 6. The van der Waals surface area contributed by atoms with Crippen LogP contribution in [0, 0.1) is 6.92 Å². The van der Waals surface area contributed by atoms with Gasteiger partial charge in [-0.05, 0) is 34.6 Å². The second-order valence-electron chi connectivity index (χ2n) is 7.18. The zero-order valence-corrected chi connectivity index (χ0v) is 15.5. The Morgan fingerprint density at radius 3 is 2.46 bits per heavy atom. The van der Waals surface area contributed by atoms with E-state index in [0.717, 1.165) is 11.2 Å². The first-order chi connectivity index (χ1) is 11.2. The van der Waals surface area contributed by atoms with Gasteiger partial charge in [0.15, 0.2) is 0 Å². The minimum Gasteiger partial charge on any atom is -0.399 e. The third-order valence-corrected chi connectivity index (χ3v) is 4.77. The van der Waals surface area contributed by atoms with Crippen molar-refractivity contribution in [1.82, 2.24) is 9.78 Å². The molecule has 7 nitrogen and oxygen atoms in total. The smallest absolute Gasteiger partial charge is 0.399 e. The summed E-state index contributed by atoms with van der Waals surface area (Å²) in [5, 5.41) is 14.4. The summed E-state index contributed by atoms with van der Waals surface area (Å²) in [7, 11) is 1.17. The Kier molecular flexibility index (Phi) is 6.09. The van der Waals surface area contributed by atoms with Crippen LogP contribution in [0.1, 0.15) is 33.4 Å². The van der Waals surface area contributed by atoms with E-state index in [-0.39, 0.29) is 17.8 Å². The van der Waals surface area contributed by atoms with Crippen LogP contribution in [0.4, 0.5) is 0 Å². The second-order valence-corrected chi connectivity index (χ2v) is 7.18. The zero-order chi connectivity index (χ0) is 18.0. The molecule has 24 heavy (non-hydrogen) atoms. The number of rotatable bonds is 8. The Morgan fingerprint density at radius 1 is 1.25 bits per heavy atom. The van der Waals surface area contributed by atoms with Gasteiger partial charge in [-0.1, -0.05) is 0 Å². The van der Waals surface area contributed by atoms with Gasteiger partial charge in [-0.3, -0.25) is 4.68 Å². The van der Waals surface area contributed by atoms with Crippen molar-refractivity contribution in [1.29, 1.82) is 0 Å². The summed E-state index contributed by atoms with van der Waals surface area (Å²) in [5.41, 5.74) is 1.03. The average Bonchev–Trinajstić information content (AvgIpc) is 2.93. The van der Waals surface area contributed by atoms with Crippen LogP contribution in [-0.4, -0.2) is 66.2 Å². The minimum atomic E-state index is -0.633. The van der Waals surface area contributed by atoms with Gasteiger partial charge in [-0.15, -0.1) is 0 Å². The van der Waals surface area contributed by atoms with E-state index < -0.39 is 13.2 Å². The lowest BCUT2D eigenvalue weighted by molar-refractivity contribution is 0.00577. The molecule has 2 rings (SSSR count). The molecule has 1 saturated heterocycles. The number of nitrogens with zero attached hydrogens (tertiary/aromatic N) is 2. The van der Waals surface area contributed by atoms with Gasteiger partial charge >= 0.3 is 7.12 Å². The van der Waals surface area contributed by atoms with Gasteiger partial charge in [0.1, 0.15) is 0 Å². The van der Waals surface area contributed by atoms with E-state index in [1.165, 1.54) is 0 Å². The normalized spacial score (nSPS) is 20.5. The van der Waals surface area contributed by atoms with Crippen molar-refractivity contribution in [2.75, 3.05) is 26.9 Å². The van der Waals surface area contributed by atoms with Gasteiger partial charge in [0, 0.05) is 24.5 Å². The van der Waals surface area contributed by atoms with E-state index in [4.69, 9.17) is 18.8 Å². The van der Waals surface area contributed by atoms with Crippen molar-refractivity contribution in [3.63, 3.8) is 0 Å². The van der Waals surface area contributed by atoms with Crippen molar-refractivity contribution >= 4 is 12.6 Å². The van der Waals surface area contributed by atoms with E-state index in [2.05, 4.69) is 5.10 Å². The molecule has 2 heterocycles. The number of aliphatic hydroxyl groups excluding tert-OH is 1. The van der Waals surface area contributed by atoms with Gasteiger partial charge in [0.05, 0.1) is 43.7 Å². The lowest BCUT2D eigenvalue weighted by atomic mass is 9.79. The van der Waals surface area contributed by atoms with Crippen molar-refractivity contribution < 1.29 is 23.9 Å². The minimum absolute atomic E-state index is 0.245. The van der Waals surface area contributed by atoms with Gasteiger partial charge in [-0.25, -0.2) is 0 Å². The third kappa shape index (κ3) is 4.18. The Balaban J connectivity index is 1.97. The van der Waals surface area contributed by atoms with Gasteiger partial charge in [-0.2, -0.15) is 5.10 Å². The monoisotopic (exact) mass is 340 g/mol. The summed E-state index contributed by atoms with van der Waals surface area (Å²) in [6.45, 7) is 11.6. The van der Waals surface area contributed by atoms with Gasteiger partial charge in [0.25, 0.3) is 0 Å². The largest absolute Gasteiger partial charge is 0.498 e. The molecule has 0 radical (unpaired) electrons. The van der Waals surface area contributed by atoms with E-state index in [1.54, 1.807) is 18.0 Å². The lowest BCUT2D eigenvalue weighted by Gasteiger charge is -2.32. The number of methoxy groups -OCH3 is 1. The Morgan fingerprint density at radius 2 is 1.88 bits per heavy atom. The molecule has 1 atom stereocenters. The molecule has 136 valence electrons. The molecule has 1 fully saturated rings. The zero-order valence-electron chi connectivity index (χ0n) is 15.5. The summed E-state index contributed by atoms with van der Waals surface area (Å²) in [6.07, 6.45) is 1.11. The quantitative estimate of drug-likeness (QED) is 0.549. The molecule has 0 aromatic carbocycles. The SMILES string of the molecule is COCCOC[C@H](O)Cn1ncc(B2OC(C)(C)C(C)(C)O2)c1C. The van der Waals surface area contributed by atoms with Gasteiger partial charge in [0.2, 0.25) is 0 Å². The standard InChI is InChI=1S/C16H29BN2O5/c1-12-14(17-23-15(2,3)16(4,5)24-17)9-18-19(12)10-13(20)11-22-8-7-21-6/h9,13,20H,7-8,10-11H2,1-6H3/t13-/m1/s1. The fraction of sp³-hybridized carbons (Fsp3) is 0.812. The Bertz CT molecular complexity index is 531. The number of hydrogen-bond donors (Lipinski definition) is 1. The number of aliphatic hydroxyl groups is 1. The summed E-state index contributed by atoms with van der Waals surface area (Å²) in [6, 6.07) is 0. The Hall–Kier alpha value is -0.925. The molecule has 0 bridgehead atoms. The van der Waals surface area contributed by atoms with E-state index >= 15 is 0 Å². The maximum atomic E-state index is 10.1. The maximum absolute atomic E-state index is 10.1. The van der Waals surface area contributed by atoms with Crippen LogP contribution in [0.25, 0.3) is 0 Å². The Labute approximate surface area is 144 Å². The predicted octanol–water partition coefficient (Wildman–Crippen LogP) is 0.515. The van der Waals surface area contributed by atoms with Crippen LogP contribution in [0.15, 0.2) is 6.20 Å². The van der Waals surface area contributed by atoms with Crippen molar-refractivity contribution in [2.24, 2.45) is 0 Å². The molecule has 0 aliphatic carbocycles. The van der Waals surface area contributed by atoms with E-state index in [1.807, 2.05) is 34.6 Å². The summed E-state index contributed by atoms with van der Waals surface area (Å²) >= 11 is 0. The highest BCUT2D eigenvalue weighted by atomic mass is 16.7. The van der Waals surface area contributed by atoms with Crippen LogP contribution < -0.4 is 5.46 Å². The van der Waals surface area contributed by atoms with Crippen LogP contribution >= 0.6 is 0 Å². The maximum Gasteiger partial charge on any atom is 0.498 e. The number of aromatic nitrogens is 2. The molecule has 0 amide bonds. The average molecular weight is 340 g/mol. The topological polar surface area (TPSA) is 75.0 Å². The van der Waals surface area contributed by atoms with E-state index in [0.29, 0.717) is 19.8 Å². The van der Waals surface area contributed by atoms with Crippen LogP contribution in [0.3, 0.4) is 0 Å². The number of ether oxygens (including phenoxy) is 2. The highest BCUT2D eigenvalue weighted by Gasteiger charge is 2.52. The predicted molar refractivity (Wildman–Crippen MR) is 91.4 cm³/mol. The fourth-order valence-corrected chi connectivity index (χ4v) is 2.46. The molecule has 1 N–H and O–H groups in total. The first kappa shape index (κ1) is 19.4. The molecule has 0 unspecified atom stereocenters. The second kappa shape index (κ2) is 7.53. The fourth-order valence-electron chi connectivity index (χ4n) is 2.46. The molecule has 8 heteroatoms. The molecular formula is C16H29BN2O5. The lowest BCUT2D eigenvalue weighted by Crippen LogP contribution is -2.41. The molecule has 1 aromatic heterocycles. The van der Waals surface area contributed by atoms with Crippen LogP contribution in [-0.2, 0) is 25.3 Å². The molecule has 1 aliphatic rings. The van der Waals surface area contributed by atoms with Crippen LogP contribution in [0.2, 0.25) is 0 Å².